The van der Waals surface area contributed by atoms with Gasteiger partial charge in [-0.1, -0.05) is 54.4 Å². The van der Waals surface area contributed by atoms with Gasteiger partial charge in [0.25, 0.3) is 5.91 Å². The van der Waals surface area contributed by atoms with Crippen LogP contribution in [0.3, 0.4) is 0 Å². The van der Waals surface area contributed by atoms with Gasteiger partial charge in [-0.2, -0.15) is 0 Å². The third kappa shape index (κ3) is 6.69. The SMILES string of the molecule is CCCOc1cscc1C(=O)N1CCC(N2CCN([C@@H](C)c3ccc(-c4cc(Cl)cc(Cl)c4)cc3)[C@H](C)C2)CC1. The molecule has 3 heterocycles. The molecule has 5 nitrogen and oxygen atoms in total. The van der Waals surface area contributed by atoms with E-state index in [9.17, 15) is 4.79 Å². The average molecular weight is 601 g/mol. The molecule has 2 aliphatic rings. The van der Waals surface area contributed by atoms with Crippen molar-refractivity contribution in [3.05, 3.63) is 74.4 Å². The first-order valence-corrected chi connectivity index (χ1v) is 16.1. The van der Waals surface area contributed by atoms with Crippen molar-refractivity contribution < 1.29 is 9.53 Å². The number of piperidine rings is 1. The molecule has 3 aromatic rings. The van der Waals surface area contributed by atoms with Crippen molar-refractivity contribution in [2.75, 3.05) is 39.3 Å². The van der Waals surface area contributed by atoms with E-state index in [2.05, 4.69) is 54.8 Å². The molecular weight excluding hydrogens is 561 g/mol. The van der Waals surface area contributed by atoms with Gasteiger partial charge in [-0.25, -0.2) is 0 Å². The quantitative estimate of drug-likeness (QED) is 0.264. The second kappa shape index (κ2) is 13.3. The third-order valence-corrected chi connectivity index (χ3v) is 9.54. The van der Waals surface area contributed by atoms with Gasteiger partial charge in [0.05, 0.1) is 12.2 Å². The molecule has 0 unspecified atom stereocenters. The minimum atomic E-state index is 0.113. The lowest BCUT2D eigenvalue weighted by atomic mass is 9.97. The van der Waals surface area contributed by atoms with Crippen LogP contribution in [0, 0.1) is 0 Å². The van der Waals surface area contributed by atoms with Crippen molar-refractivity contribution in [2.24, 2.45) is 0 Å². The zero-order valence-corrected chi connectivity index (χ0v) is 25.9. The Bertz CT molecular complexity index is 1270. The van der Waals surface area contributed by atoms with Gasteiger partial charge in [0.15, 0.2) is 0 Å². The van der Waals surface area contributed by atoms with Crippen LogP contribution in [0.4, 0.5) is 0 Å². The van der Waals surface area contributed by atoms with Gasteiger partial charge in [-0.05, 0) is 68.0 Å². The summed E-state index contributed by atoms with van der Waals surface area (Å²) in [4.78, 5) is 20.5. The lowest BCUT2D eigenvalue weighted by Gasteiger charge is -2.47. The summed E-state index contributed by atoms with van der Waals surface area (Å²) in [6, 6.07) is 15.8. The number of benzene rings is 2. The highest BCUT2D eigenvalue weighted by molar-refractivity contribution is 7.08. The van der Waals surface area contributed by atoms with Gasteiger partial charge < -0.3 is 9.64 Å². The number of ether oxygens (including phenoxy) is 1. The standard InChI is InChI=1S/C32H39Cl2N3O2S/c1-4-15-39-31-21-40-20-30(31)32(38)35-11-9-29(10-12-35)36-13-14-37(22(2)19-36)23(3)24-5-7-25(8-6-24)26-16-27(33)18-28(34)17-26/h5-8,16-18,20-23,29H,4,9-15,19H2,1-3H3/t22-,23+/m1/s1. The van der Waals surface area contributed by atoms with E-state index in [1.807, 2.05) is 27.8 Å². The van der Waals surface area contributed by atoms with E-state index in [4.69, 9.17) is 27.9 Å². The van der Waals surface area contributed by atoms with E-state index in [0.29, 0.717) is 34.8 Å². The van der Waals surface area contributed by atoms with E-state index in [0.717, 1.165) is 74.4 Å². The monoisotopic (exact) mass is 599 g/mol. The Balaban J connectivity index is 1.14. The molecule has 1 aromatic heterocycles. The molecule has 214 valence electrons. The number of piperazine rings is 1. The van der Waals surface area contributed by atoms with Gasteiger partial charge >= 0.3 is 0 Å². The van der Waals surface area contributed by atoms with Crippen molar-refractivity contribution in [3.8, 4) is 16.9 Å². The van der Waals surface area contributed by atoms with Gasteiger partial charge in [0, 0.05) is 71.7 Å². The van der Waals surface area contributed by atoms with Crippen molar-refractivity contribution in [1.29, 1.82) is 0 Å². The highest BCUT2D eigenvalue weighted by Crippen LogP contribution is 2.32. The first-order valence-electron chi connectivity index (χ1n) is 14.4. The predicted octanol–water partition coefficient (Wildman–Crippen LogP) is 7.88. The van der Waals surface area contributed by atoms with E-state index >= 15 is 0 Å². The van der Waals surface area contributed by atoms with Crippen LogP contribution in [-0.4, -0.2) is 72.0 Å². The molecule has 2 saturated heterocycles. The number of likely N-dealkylation sites (tertiary alicyclic amines) is 1. The topological polar surface area (TPSA) is 36.0 Å². The summed E-state index contributed by atoms with van der Waals surface area (Å²) >= 11 is 14.0. The fourth-order valence-corrected chi connectivity index (χ4v) is 7.41. The number of carbonyl (C=O) groups is 1. The zero-order valence-electron chi connectivity index (χ0n) is 23.6. The molecule has 0 radical (unpaired) electrons. The second-order valence-electron chi connectivity index (χ2n) is 11.1. The summed E-state index contributed by atoms with van der Waals surface area (Å²) in [7, 11) is 0. The molecule has 40 heavy (non-hydrogen) atoms. The molecule has 2 aliphatic heterocycles. The Hall–Kier alpha value is -2.09. The Morgan fingerprint density at radius 1 is 1.00 bits per heavy atom. The van der Waals surface area contributed by atoms with Gasteiger partial charge in [0.1, 0.15) is 5.75 Å². The fraction of sp³-hybridized carbons (Fsp3) is 0.469. The minimum Gasteiger partial charge on any atom is -0.492 e. The molecule has 1 amide bonds. The summed E-state index contributed by atoms with van der Waals surface area (Å²) in [6.07, 6.45) is 2.99. The van der Waals surface area contributed by atoms with Crippen LogP contribution in [0.25, 0.3) is 11.1 Å². The summed E-state index contributed by atoms with van der Waals surface area (Å²) in [5, 5.41) is 5.18. The maximum atomic E-state index is 13.2. The van der Waals surface area contributed by atoms with Crippen LogP contribution < -0.4 is 4.74 Å². The molecule has 2 aromatic carbocycles. The van der Waals surface area contributed by atoms with Crippen LogP contribution in [0.5, 0.6) is 5.75 Å². The smallest absolute Gasteiger partial charge is 0.258 e. The number of halogens is 2. The van der Waals surface area contributed by atoms with E-state index in [-0.39, 0.29) is 5.91 Å². The molecule has 0 bridgehead atoms. The third-order valence-electron chi connectivity index (χ3n) is 8.38. The van der Waals surface area contributed by atoms with E-state index < -0.39 is 0 Å². The number of hydrogen-bond acceptors (Lipinski definition) is 5. The Kier molecular flexibility index (Phi) is 9.75. The molecular formula is C32H39Cl2N3O2S. The Labute approximate surface area is 252 Å². The number of hydrogen-bond donors (Lipinski definition) is 0. The maximum Gasteiger partial charge on any atom is 0.258 e. The Morgan fingerprint density at radius 3 is 2.35 bits per heavy atom. The summed E-state index contributed by atoms with van der Waals surface area (Å²) in [5.41, 5.74) is 4.19. The number of thiophene rings is 1. The molecule has 2 atom stereocenters. The number of carbonyl (C=O) groups excluding carboxylic acids is 1. The maximum absolute atomic E-state index is 13.2. The summed E-state index contributed by atoms with van der Waals surface area (Å²) in [5.74, 6) is 0.851. The molecule has 5 rings (SSSR count). The van der Waals surface area contributed by atoms with E-state index in [1.165, 1.54) is 16.9 Å². The van der Waals surface area contributed by atoms with Crippen molar-refractivity contribution in [1.82, 2.24) is 14.7 Å². The first-order chi connectivity index (χ1) is 19.3. The van der Waals surface area contributed by atoms with Gasteiger partial charge in [0.2, 0.25) is 0 Å². The second-order valence-corrected chi connectivity index (χ2v) is 12.7. The first kappa shape index (κ1) is 29.4. The van der Waals surface area contributed by atoms with Crippen molar-refractivity contribution in [3.63, 3.8) is 0 Å². The van der Waals surface area contributed by atoms with Crippen molar-refractivity contribution in [2.45, 2.75) is 58.2 Å². The predicted molar refractivity (Wildman–Crippen MR) is 167 cm³/mol. The largest absolute Gasteiger partial charge is 0.492 e. The molecule has 2 fully saturated rings. The highest BCUT2D eigenvalue weighted by Gasteiger charge is 2.34. The molecule has 0 aliphatic carbocycles. The highest BCUT2D eigenvalue weighted by atomic mass is 35.5. The number of rotatable bonds is 8. The lowest BCUT2D eigenvalue weighted by molar-refractivity contribution is 0.0135. The lowest BCUT2D eigenvalue weighted by Crippen LogP contribution is -2.57. The van der Waals surface area contributed by atoms with Crippen LogP contribution in [0.1, 0.15) is 62.0 Å². The fourth-order valence-electron chi connectivity index (χ4n) is 6.14. The molecule has 8 heteroatoms. The van der Waals surface area contributed by atoms with Crippen molar-refractivity contribution >= 4 is 40.4 Å². The number of amides is 1. The molecule has 0 N–H and O–H groups in total. The number of nitrogens with zero attached hydrogens (tertiary/aromatic N) is 3. The van der Waals surface area contributed by atoms with Crippen LogP contribution in [0.2, 0.25) is 10.0 Å². The van der Waals surface area contributed by atoms with Crippen LogP contribution >= 0.6 is 34.5 Å². The van der Waals surface area contributed by atoms with Crippen LogP contribution in [0.15, 0.2) is 53.2 Å². The van der Waals surface area contributed by atoms with Gasteiger partial charge in [-0.15, -0.1) is 11.3 Å². The summed E-state index contributed by atoms with van der Waals surface area (Å²) in [6.45, 7) is 12.2. The minimum absolute atomic E-state index is 0.113. The van der Waals surface area contributed by atoms with E-state index in [1.54, 1.807) is 6.07 Å². The zero-order chi connectivity index (χ0) is 28.2. The molecule has 0 spiro atoms. The van der Waals surface area contributed by atoms with Crippen LogP contribution in [-0.2, 0) is 0 Å². The normalized spacial score (nSPS) is 20.0. The average Bonchev–Trinajstić information content (AvgIpc) is 3.43. The van der Waals surface area contributed by atoms with Gasteiger partial charge in [-0.3, -0.25) is 14.6 Å². The summed E-state index contributed by atoms with van der Waals surface area (Å²) < 4.78 is 5.80. The molecule has 0 saturated carbocycles. The Morgan fingerprint density at radius 2 is 1.70 bits per heavy atom.